The fraction of sp³-hybridized carbons (Fsp3) is 0.182. The maximum Gasteiger partial charge on any atom is 0.338 e. The van der Waals surface area contributed by atoms with Crippen molar-refractivity contribution in [3.05, 3.63) is 33.5 Å². The van der Waals surface area contributed by atoms with Crippen molar-refractivity contribution in [2.45, 2.75) is 6.92 Å². The summed E-state index contributed by atoms with van der Waals surface area (Å²) in [5.41, 5.74) is 1.08. The van der Waals surface area contributed by atoms with Crippen LogP contribution in [0.2, 0.25) is 0 Å². The number of halogens is 1. The SMILES string of the molecule is CCOC(=O)c1ccc(-[n+]2noc([O-])c2I)cc1. The molecule has 1 aromatic heterocycles. The molecule has 0 atom stereocenters. The Morgan fingerprint density at radius 1 is 1.50 bits per heavy atom. The molecule has 0 amide bonds. The van der Waals surface area contributed by atoms with Gasteiger partial charge >= 0.3 is 5.97 Å². The van der Waals surface area contributed by atoms with E-state index in [1.807, 2.05) is 22.6 Å². The molecule has 2 aromatic rings. The number of esters is 1. The molecule has 0 unspecified atom stereocenters. The normalized spacial score (nSPS) is 10.3. The molecule has 6 nitrogen and oxygen atoms in total. The van der Waals surface area contributed by atoms with E-state index < -0.39 is 5.95 Å². The highest BCUT2D eigenvalue weighted by molar-refractivity contribution is 14.1. The van der Waals surface area contributed by atoms with Gasteiger partial charge in [-0.05, 0) is 23.7 Å². The van der Waals surface area contributed by atoms with Gasteiger partial charge in [0.05, 0.1) is 17.4 Å². The van der Waals surface area contributed by atoms with E-state index in [1.165, 1.54) is 4.68 Å². The molecule has 0 spiro atoms. The minimum Gasteiger partial charge on any atom is -0.538 e. The number of nitrogens with zero attached hydrogens (tertiary/aromatic N) is 2. The zero-order valence-electron chi connectivity index (χ0n) is 9.42. The standard InChI is InChI=1S/C11H9IN2O4/c1-2-17-10(15)7-3-5-8(6-4-7)14-9(12)11(16)18-13-14/h3-6H,2H2,1H3. The first-order chi connectivity index (χ1) is 8.63. The summed E-state index contributed by atoms with van der Waals surface area (Å²) in [6.07, 6.45) is 0. The summed E-state index contributed by atoms with van der Waals surface area (Å²) in [4.78, 5) is 11.4. The second-order valence-corrected chi connectivity index (χ2v) is 4.35. The minimum atomic E-state index is -0.495. The highest BCUT2D eigenvalue weighted by atomic mass is 127. The Labute approximate surface area is 116 Å². The molecule has 0 radical (unpaired) electrons. The average molecular weight is 360 g/mol. The summed E-state index contributed by atoms with van der Waals surface area (Å²) >= 11 is 1.84. The van der Waals surface area contributed by atoms with Crippen molar-refractivity contribution in [2.75, 3.05) is 6.61 Å². The molecule has 18 heavy (non-hydrogen) atoms. The van der Waals surface area contributed by atoms with Crippen molar-refractivity contribution >= 4 is 28.6 Å². The van der Waals surface area contributed by atoms with Gasteiger partial charge in [-0.15, -0.1) is 0 Å². The van der Waals surface area contributed by atoms with E-state index in [9.17, 15) is 9.90 Å². The monoisotopic (exact) mass is 360 g/mol. The summed E-state index contributed by atoms with van der Waals surface area (Å²) in [7, 11) is 0. The van der Waals surface area contributed by atoms with Gasteiger partial charge in [0, 0.05) is 34.7 Å². The molecule has 0 saturated heterocycles. The number of ether oxygens (including phenoxy) is 1. The van der Waals surface area contributed by atoms with Gasteiger partial charge < -0.3 is 14.4 Å². The third-order valence-corrected chi connectivity index (χ3v) is 3.08. The molecular formula is C11H9IN2O4. The van der Waals surface area contributed by atoms with Crippen LogP contribution in [0.25, 0.3) is 5.69 Å². The highest BCUT2D eigenvalue weighted by Crippen LogP contribution is 2.13. The lowest BCUT2D eigenvalue weighted by atomic mass is 10.2. The predicted molar refractivity (Wildman–Crippen MR) is 66.2 cm³/mol. The summed E-state index contributed by atoms with van der Waals surface area (Å²) in [6, 6.07) is 6.54. The summed E-state index contributed by atoms with van der Waals surface area (Å²) < 4.78 is 11.1. The molecule has 1 aromatic carbocycles. The molecule has 0 fully saturated rings. The first-order valence-corrected chi connectivity index (χ1v) is 6.23. The van der Waals surface area contributed by atoms with E-state index >= 15 is 0 Å². The van der Waals surface area contributed by atoms with E-state index in [2.05, 4.69) is 9.79 Å². The Balaban J connectivity index is 2.28. The summed E-state index contributed by atoms with van der Waals surface area (Å²) in [5, 5.41) is 14.7. The van der Waals surface area contributed by atoms with Crippen LogP contribution in [0.1, 0.15) is 17.3 Å². The molecule has 0 bridgehead atoms. The maximum atomic E-state index is 11.4. The topological polar surface area (TPSA) is 79.3 Å². The van der Waals surface area contributed by atoms with E-state index in [4.69, 9.17) is 4.74 Å². The van der Waals surface area contributed by atoms with Crippen molar-refractivity contribution in [1.29, 1.82) is 0 Å². The van der Waals surface area contributed by atoms with Crippen LogP contribution < -0.4 is 9.79 Å². The molecule has 1 heterocycles. The second-order valence-electron chi connectivity index (χ2n) is 3.33. The van der Waals surface area contributed by atoms with Crippen LogP contribution in [0.5, 0.6) is 5.95 Å². The summed E-state index contributed by atoms with van der Waals surface area (Å²) in [5.74, 6) is -0.876. The third kappa shape index (κ3) is 2.45. The predicted octanol–water partition coefficient (Wildman–Crippen LogP) is 0.806. The molecule has 7 heteroatoms. The fourth-order valence-corrected chi connectivity index (χ4v) is 1.82. The van der Waals surface area contributed by atoms with Gasteiger partial charge in [-0.1, -0.05) is 0 Å². The smallest absolute Gasteiger partial charge is 0.338 e. The van der Waals surface area contributed by atoms with E-state index in [1.54, 1.807) is 31.2 Å². The van der Waals surface area contributed by atoms with E-state index in [0.29, 0.717) is 21.6 Å². The van der Waals surface area contributed by atoms with Crippen LogP contribution in [0.3, 0.4) is 0 Å². The Bertz CT molecular complexity index is 565. The van der Waals surface area contributed by atoms with Gasteiger partial charge in [0.25, 0.3) is 3.70 Å². The van der Waals surface area contributed by atoms with Crippen molar-refractivity contribution in [3.63, 3.8) is 0 Å². The summed E-state index contributed by atoms with van der Waals surface area (Å²) in [6.45, 7) is 2.08. The highest BCUT2D eigenvalue weighted by Gasteiger charge is 2.18. The average Bonchev–Trinajstić information content (AvgIpc) is 2.71. The zero-order chi connectivity index (χ0) is 13.1. The molecule has 0 aliphatic heterocycles. The van der Waals surface area contributed by atoms with Crippen LogP contribution in [0.4, 0.5) is 0 Å². The van der Waals surface area contributed by atoms with Crippen LogP contribution >= 0.6 is 22.6 Å². The molecule has 0 aliphatic carbocycles. The van der Waals surface area contributed by atoms with E-state index in [0.717, 1.165) is 0 Å². The second kappa shape index (κ2) is 5.34. The van der Waals surface area contributed by atoms with Gasteiger partial charge in [0.15, 0.2) is 5.95 Å². The third-order valence-electron chi connectivity index (χ3n) is 2.18. The molecule has 0 N–H and O–H groups in total. The van der Waals surface area contributed by atoms with E-state index in [-0.39, 0.29) is 5.97 Å². The number of hydrogen-bond acceptors (Lipinski definition) is 5. The van der Waals surface area contributed by atoms with Gasteiger partial charge in [-0.25, -0.2) is 4.79 Å². The minimum absolute atomic E-state index is 0.329. The van der Waals surface area contributed by atoms with Gasteiger partial charge in [-0.3, -0.25) is 0 Å². The number of rotatable bonds is 3. The van der Waals surface area contributed by atoms with Gasteiger partial charge in [-0.2, -0.15) is 0 Å². The van der Waals surface area contributed by atoms with Crippen molar-refractivity contribution < 1.29 is 23.8 Å². The maximum absolute atomic E-state index is 11.4. The molecule has 2 rings (SSSR count). The first kappa shape index (κ1) is 12.8. The number of benzene rings is 1. The van der Waals surface area contributed by atoms with Crippen molar-refractivity contribution in [2.24, 2.45) is 0 Å². The fourth-order valence-electron chi connectivity index (χ4n) is 1.35. The molecular weight excluding hydrogens is 351 g/mol. The quantitative estimate of drug-likeness (QED) is 0.460. The molecule has 0 aliphatic rings. The number of carbonyl (C=O) groups excluding carboxylic acids is 1. The van der Waals surface area contributed by atoms with Gasteiger partial charge in [0.1, 0.15) is 0 Å². The largest absolute Gasteiger partial charge is 0.538 e. The van der Waals surface area contributed by atoms with Gasteiger partial charge in [0.2, 0.25) is 5.69 Å². The number of hydrogen-bond donors (Lipinski definition) is 0. The lowest BCUT2D eigenvalue weighted by Gasteiger charge is -2.00. The number of carbonyl (C=O) groups is 1. The molecule has 94 valence electrons. The van der Waals surface area contributed by atoms with Crippen molar-refractivity contribution in [1.82, 2.24) is 5.27 Å². The Morgan fingerprint density at radius 3 is 2.67 bits per heavy atom. The zero-order valence-corrected chi connectivity index (χ0v) is 11.6. The number of aromatic nitrogens is 2. The van der Waals surface area contributed by atoms with Crippen LogP contribution in [-0.2, 0) is 4.74 Å². The molecule has 0 saturated carbocycles. The first-order valence-electron chi connectivity index (χ1n) is 5.15. The van der Waals surface area contributed by atoms with Crippen LogP contribution in [0, 0.1) is 3.70 Å². The van der Waals surface area contributed by atoms with Crippen LogP contribution in [-0.4, -0.2) is 17.8 Å². The Kier molecular flexibility index (Phi) is 3.80. The van der Waals surface area contributed by atoms with Crippen LogP contribution in [0.15, 0.2) is 28.8 Å². The van der Waals surface area contributed by atoms with Crippen molar-refractivity contribution in [3.8, 4) is 11.6 Å². The Hall–Kier alpha value is -1.64. The Morgan fingerprint density at radius 2 is 2.17 bits per heavy atom. The lowest BCUT2D eigenvalue weighted by molar-refractivity contribution is -0.682. The lowest BCUT2D eigenvalue weighted by Crippen LogP contribution is -2.35.